The van der Waals surface area contributed by atoms with Gasteiger partial charge in [-0.05, 0) is 29.8 Å². The Morgan fingerprint density at radius 3 is 2.57 bits per heavy atom. The molecule has 4 aromatic rings. The SMILES string of the molecule is Fc1ccc(CO/N=C2/C(c3c[nH]c4ccccc34)=Nc3ccccc32)cc1. The number of hydrogen-bond donors (Lipinski definition) is 1. The molecule has 1 aliphatic heterocycles. The van der Waals surface area contributed by atoms with Gasteiger partial charge in [0.2, 0.25) is 0 Å². The summed E-state index contributed by atoms with van der Waals surface area (Å²) in [5, 5.41) is 5.49. The van der Waals surface area contributed by atoms with Crippen molar-refractivity contribution in [1.29, 1.82) is 0 Å². The monoisotopic (exact) mass is 369 g/mol. The Morgan fingerprint density at radius 1 is 0.893 bits per heavy atom. The average molecular weight is 369 g/mol. The van der Waals surface area contributed by atoms with E-state index in [1.54, 1.807) is 12.1 Å². The van der Waals surface area contributed by atoms with E-state index in [4.69, 9.17) is 9.83 Å². The summed E-state index contributed by atoms with van der Waals surface area (Å²) in [7, 11) is 0. The fourth-order valence-electron chi connectivity index (χ4n) is 3.37. The highest BCUT2D eigenvalue weighted by molar-refractivity contribution is 6.58. The fraction of sp³-hybridized carbons (Fsp3) is 0.0435. The Labute approximate surface area is 161 Å². The van der Waals surface area contributed by atoms with Crippen LogP contribution in [-0.2, 0) is 11.4 Å². The first kappa shape index (κ1) is 16.4. The first-order valence-corrected chi connectivity index (χ1v) is 8.99. The third kappa shape index (κ3) is 2.87. The maximum absolute atomic E-state index is 13.1. The molecule has 1 aliphatic rings. The van der Waals surface area contributed by atoms with E-state index < -0.39 is 0 Å². The Hall–Kier alpha value is -3.73. The van der Waals surface area contributed by atoms with Gasteiger partial charge in [0, 0.05) is 28.2 Å². The van der Waals surface area contributed by atoms with Crippen LogP contribution in [0, 0.1) is 5.82 Å². The van der Waals surface area contributed by atoms with Crippen molar-refractivity contribution >= 4 is 28.0 Å². The van der Waals surface area contributed by atoms with Gasteiger partial charge in [-0.2, -0.15) is 0 Å². The van der Waals surface area contributed by atoms with Gasteiger partial charge in [-0.1, -0.05) is 53.7 Å². The van der Waals surface area contributed by atoms with Crippen LogP contribution in [-0.4, -0.2) is 16.4 Å². The number of H-pyrrole nitrogens is 1. The number of aromatic amines is 1. The van der Waals surface area contributed by atoms with E-state index in [1.807, 2.05) is 48.7 Å². The summed E-state index contributed by atoms with van der Waals surface area (Å²) in [4.78, 5) is 13.7. The Bertz CT molecular complexity index is 1220. The molecule has 5 heteroatoms. The molecular formula is C23H16FN3O. The number of fused-ring (bicyclic) bond motifs is 2. The van der Waals surface area contributed by atoms with Crippen LogP contribution in [0.25, 0.3) is 10.9 Å². The van der Waals surface area contributed by atoms with Crippen LogP contribution < -0.4 is 0 Å². The topological polar surface area (TPSA) is 49.7 Å². The quantitative estimate of drug-likeness (QED) is 0.484. The molecule has 0 saturated carbocycles. The van der Waals surface area contributed by atoms with Crippen molar-refractivity contribution in [3.05, 3.63) is 102 Å². The molecule has 1 aromatic heterocycles. The normalized spacial score (nSPS) is 14.3. The summed E-state index contributed by atoms with van der Waals surface area (Å²) < 4.78 is 13.1. The van der Waals surface area contributed by atoms with Crippen LogP contribution in [0.1, 0.15) is 16.7 Å². The van der Waals surface area contributed by atoms with E-state index in [0.29, 0.717) is 5.71 Å². The molecule has 0 aliphatic carbocycles. The molecule has 0 saturated heterocycles. The number of benzene rings is 3. The number of nitrogens with one attached hydrogen (secondary N) is 1. The Balaban J connectivity index is 1.51. The largest absolute Gasteiger partial charge is 0.390 e. The lowest BCUT2D eigenvalue weighted by Gasteiger charge is -2.05. The average Bonchev–Trinajstić information content (AvgIpc) is 3.31. The van der Waals surface area contributed by atoms with Crippen molar-refractivity contribution in [3.63, 3.8) is 0 Å². The molecule has 1 N–H and O–H groups in total. The van der Waals surface area contributed by atoms with Crippen LogP contribution in [0.5, 0.6) is 0 Å². The number of rotatable bonds is 4. The molecule has 2 heterocycles. The molecule has 28 heavy (non-hydrogen) atoms. The molecule has 0 unspecified atom stereocenters. The van der Waals surface area contributed by atoms with E-state index in [2.05, 4.69) is 16.2 Å². The van der Waals surface area contributed by atoms with Gasteiger partial charge in [-0.3, -0.25) is 0 Å². The fourth-order valence-corrected chi connectivity index (χ4v) is 3.37. The standard InChI is InChI=1S/C23H16FN3O/c24-16-11-9-15(10-12-16)14-28-27-23-18-6-2-4-8-21(18)26-22(23)19-13-25-20-7-3-1-5-17(19)20/h1-13,25H,14H2/b27-23+. The first-order chi connectivity index (χ1) is 13.8. The maximum atomic E-state index is 13.1. The van der Waals surface area contributed by atoms with Crippen LogP contribution in [0.4, 0.5) is 10.1 Å². The zero-order chi connectivity index (χ0) is 18.9. The van der Waals surface area contributed by atoms with Crippen LogP contribution in [0.15, 0.2) is 89.1 Å². The van der Waals surface area contributed by atoms with Crippen molar-refractivity contribution < 1.29 is 9.23 Å². The zero-order valence-electron chi connectivity index (χ0n) is 14.9. The summed E-state index contributed by atoms with van der Waals surface area (Å²) in [5.74, 6) is -0.270. The molecule has 136 valence electrons. The molecule has 4 nitrogen and oxygen atoms in total. The number of nitrogens with zero attached hydrogens (tertiary/aromatic N) is 2. The zero-order valence-corrected chi connectivity index (χ0v) is 14.9. The predicted octanol–water partition coefficient (Wildman–Crippen LogP) is 5.36. The minimum absolute atomic E-state index is 0.257. The number of halogens is 1. The molecule has 5 rings (SSSR count). The van der Waals surface area contributed by atoms with Gasteiger partial charge in [-0.15, -0.1) is 0 Å². The molecule has 3 aromatic carbocycles. The van der Waals surface area contributed by atoms with E-state index in [1.165, 1.54) is 12.1 Å². The second-order valence-electron chi connectivity index (χ2n) is 6.57. The van der Waals surface area contributed by atoms with Crippen molar-refractivity contribution in [1.82, 2.24) is 4.98 Å². The highest BCUT2D eigenvalue weighted by Gasteiger charge is 2.26. The van der Waals surface area contributed by atoms with Crippen molar-refractivity contribution in [3.8, 4) is 0 Å². The minimum Gasteiger partial charge on any atom is -0.390 e. The van der Waals surface area contributed by atoms with E-state index in [-0.39, 0.29) is 12.4 Å². The first-order valence-electron chi connectivity index (χ1n) is 8.99. The number of hydrogen-bond acceptors (Lipinski definition) is 3. The molecule has 0 fully saturated rings. The van der Waals surface area contributed by atoms with Gasteiger partial charge in [0.15, 0.2) is 0 Å². The smallest absolute Gasteiger partial charge is 0.142 e. The summed E-state index contributed by atoms with van der Waals surface area (Å²) in [5.41, 5.74) is 6.15. The number of oxime groups is 1. The summed E-state index contributed by atoms with van der Waals surface area (Å²) in [6.45, 7) is 0.257. The maximum Gasteiger partial charge on any atom is 0.142 e. The lowest BCUT2D eigenvalue weighted by atomic mass is 10.0. The van der Waals surface area contributed by atoms with Crippen LogP contribution >= 0.6 is 0 Å². The highest BCUT2D eigenvalue weighted by atomic mass is 19.1. The summed E-state index contributed by atoms with van der Waals surface area (Å²) in [6.07, 6.45) is 1.95. The van der Waals surface area contributed by atoms with Gasteiger partial charge in [0.25, 0.3) is 0 Å². The van der Waals surface area contributed by atoms with E-state index >= 15 is 0 Å². The Kier molecular flexibility index (Phi) is 3.98. The second-order valence-corrected chi connectivity index (χ2v) is 6.57. The van der Waals surface area contributed by atoms with Gasteiger partial charge < -0.3 is 9.82 Å². The second kappa shape index (κ2) is 6.78. The molecular weight excluding hydrogens is 353 g/mol. The summed E-state index contributed by atoms with van der Waals surface area (Å²) in [6, 6.07) is 22.2. The lowest BCUT2D eigenvalue weighted by Crippen LogP contribution is -2.13. The molecule has 0 radical (unpaired) electrons. The van der Waals surface area contributed by atoms with E-state index in [0.717, 1.165) is 39.0 Å². The summed E-state index contributed by atoms with van der Waals surface area (Å²) >= 11 is 0. The number of aliphatic imine (C=N–C) groups is 1. The Morgan fingerprint density at radius 2 is 1.68 bits per heavy atom. The van der Waals surface area contributed by atoms with Crippen LogP contribution in [0.2, 0.25) is 0 Å². The van der Waals surface area contributed by atoms with Crippen molar-refractivity contribution in [2.75, 3.05) is 0 Å². The molecule has 0 spiro atoms. The van der Waals surface area contributed by atoms with Crippen LogP contribution in [0.3, 0.4) is 0 Å². The highest BCUT2D eigenvalue weighted by Crippen LogP contribution is 2.31. The number of para-hydroxylation sites is 2. The third-order valence-electron chi connectivity index (χ3n) is 4.76. The van der Waals surface area contributed by atoms with Gasteiger partial charge in [-0.25, -0.2) is 9.38 Å². The van der Waals surface area contributed by atoms with Crippen molar-refractivity contribution in [2.24, 2.45) is 10.1 Å². The van der Waals surface area contributed by atoms with Crippen molar-refractivity contribution in [2.45, 2.75) is 6.61 Å². The van der Waals surface area contributed by atoms with Gasteiger partial charge >= 0.3 is 0 Å². The predicted molar refractivity (Wildman–Crippen MR) is 109 cm³/mol. The third-order valence-corrected chi connectivity index (χ3v) is 4.76. The minimum atomic E-state index is -0.270. The van der Waals surface area contributed by atoms with E-state index in [9.17, 15) is 4.39 Å². The van der Waals surface area contributed by atoms with Gasteiger partial charge in [0.05, 0.1) is 5.69 Å². The molecule has 0 amide bonds. The molecule has 0 bridgehead atoms. The van der Waals surface area contributed by atoms with Gasteiger partial charge in [0.1, 0.15) is 23.8 Å². The molecule has 0 atom stereocenters. The number of aromatic nitrogens is 1. The lowest BCUT2D eigenvalue weighted by molar-refractivity contribution is 0.131.